The van der Waals surface area contributed by atoms with Crippen LogP contribution in [0.4, 0.5) is 5.69 Å². The molecular weight excluding hydrogens is 262 g/mol. The molecule has 2 N–H and O–H groups in total. The summed E-state index contributed by atoms with van der Waals surface area (Å²) in [5, 5.41) is 6.10. The van der Waals surface area contributed by atoms with Crippen molar-refractivity contribution in [2.75, 3.05) is 25.5 Å². The van der Waals surface area contributed by atoms with Gasteiger partial charge in [0.1, 0.15) is 0 Å². The van der Waals surface area contributed by atoms with E-state index in [2.05, 4.69) is 43.2 Å². The number of hydrogen-bond donors (Lipinski definition) is 2. The number of nitrogens with zero attached hydrogens (tertiary/aromatic N) is 1. The Hall–Kier alpha value is -1.55. The lowest BCUT2D eigenvalue weighted by molar-refractivity contribution is 0.0939. The SMILES string of the molecule is CNc1ccc(C(=O)NCCN(C(C)C)C(C)C)c(C)c1. The van der Waals surface area contributed by atoms with Crippen LogP contribution in [0.1, 0.15) is 43.6 Å². The zero-order chi connectivity index (χ0) is 16.0. The maximum atomic E-state index is 12.2. The molecule has 1 aromatic rings. The second kappa shape index (κ2) is 8.03. The fourth-order valence-electron chi connectivity index (χ4n) is 2.58. The molecule has 0 aliphatic carbocycles. The first-order valence-corrected chi connectivity index (χ1v) is 7.69. The van der Waals surface area contributed by atoms with E-state index in [1.54, 1.807) is 0 Å². The van der Waals surface area contributed by atoms with Crippen LogP contribution in [0.2, 0.25) is 0 Å². The van der Waals surface area contributed by atoms with Crippen molar-refractivity contribution in [3.05, 3.63) is 29.3 Å². The minimum atomic E-state index is 0.00242. The molecule has 0 saturated carbocycles. The highest BCUT2D eigenvalue weighted by Gasteiger charge is 2.14. The van der Waals surface area contributed by atoms with Crippen molar-refractivity contribution in [1.29, 1.82) is 0 Å². The molecule has 0 saturated heterocycles. The Morgan fingerprint density at radius 2 is 1.81 bits per heavy atom. The van der Waals surface area contributed by atoms with E-state index in [1.807, 2.05) is 32.2 Å². The van der Waals surface area contributed by atoms with Crippen molar-refractivity contribution in [3.8, 4) is 0 Å². The van der Waals surface area contributed by atoms with Crippen LogP contribution in [0.15, 0.2) is 18.2 Å². The molecule has 0 heterocycles. The minimum Gasteiger partial charge on any atom is -0.388 e. The first kappa shape index (κ1) is 17.5. The molecule has 1 rings (SSSR count). The Morgan fingerprint density at radius 3 is 2.29 bits per heavy atom. The summed E-state index contributed by atoms with van der Waals surface area (Å²) < 4.78 is 0. The topological polar surface area (TPSA) is 44.4 Å². The normalized spacial score (nSPS) is 11.3. The lowest BCUT2D eigenvalue weighted by Crippen LogP contribution is -2.42. The molecule has 118 valence electrons. The molecule has 0 spiro atoms. The molecule has 0 bridgehead atoms. The van der Waals surface area contributed by atoms with Crippen LogP contribution < -0.4 is 10.6 Å². The van der Waals surface area contributed by atoms with E-state index in [9.17, 15) is 4.79 Å². The number of amides is 1. The third-order valence-electron chi connectivity index (χ3n) is 3.74. The molecule has 4 nitrogen and oxygen atoms in total. The Labute approximate surface area is 128 Å². The van der Waals surface area contributed by atoms with E-state index in [1.165, 1.54) is 0 Å². The average molecular weight is 291 g/mol. The summed E-state index contributed by atoms with van der Waals surface area (Å²) in [4.78, 5) is 14.6. The molecule has 0 aromatic heterocycles. The fourth-order valence-corrected chi connectivity index (χ4v) is 2.58. The zero-order valence-electron chi connectivity index (χ0n) is 14.2. The molecule has 0 aliphatic rings. The molecule has 0 radical (unpaired) electrons. The van der Waals surface area contributed by atoms with Gasteiger partial charge < -0.3 is 10.6 Å². The van der Waals surface area contributed by atoms with Gasteiger partial charge in [-0.2, -0.15) is 0 Å². The summed E-state index contributed by atoms with van der Waals surface area (Å²) >= 11 is 0. The van der Waals surface area contributed by atoms with Gasteiger partial charge in [-0.05, 0) is 58.4 Å². The predicted octanol–water partition coefficient (Wildman–Crippen LogP) is 2.89. The van der Waals surface area contributed by atoms with E-state index >= 15 is 0 Å². The minimum absolute atomic E-state index is 0.00242. The fraction of sp³-hybridized carbons (Fsp3) is 0.588. The van der Waals surface area contributed by atoms with Crippen molar-refractivity contribution in [3.63, 3.8) is 0 Å². The first-order chi connectivity index (χ1) is 9.86. The van der Waals surface area contributed by atoms with Gasteiger partial charge in [0.05, 0.1) is 0 Å². The van der Waals surface area contributed by atoms with Crippen LogP contribution in [0, 0.1) is 6.92 Å². The number of carbonyl (C=O) groups is 1. The monoisotopic (exact) mass is 291 g/mol. The summed E-state index contributed by atoms with van der Waals surface area (Å²) in [6, 6.07) is 6.76. The van der Waals surface area contributed by atoms with Crippen LogP contribution in [0.25, 0.3) is 0 Å². The molecule has 1 aromatic carbocycles. The lowest BCUT2D eigenvalue weighted by atomic mass is 10.1. The largest absolute Gasteiger partial charge is 0.388 e. The first-order valence-electron chi connectivity index (χ1n) is 7.69. The van der Waals surface area contributed by atoms with Gasteiger partial charge in [-0.1, -0.05) is 0 Å². The average Bonchev–Trinajstić information content (AvgIpc) is 2.42. The lowest BCUT2D eigenvalue weighted by Gasteiger charge is -2.30. The number of anilines is 1. The summed E-state index contributed by atoms with van der Waals surface area (Å²) in [6.07, 6.45) is 0. The van der Waals surface area contributed by atoms with E-state index in [4.69, 9.17) is 0 Å². The van der Waals surface area contributed by atoms with Crippen molar-refractivity contribution in [1.82, 2.24) is 10.2 Å². The summed E-state index contributed by atoms with van der Waals surface area (Å²) in [5.41, 5.74) is 2.76. The molecular formula is C17H29N3O. The van der Waals surface area contributed by atoms with E-state index in [-0.39, 0.29) is 5.91 Å². The van der Waals surface area contributed by atoms with Gasteiger partial charge in [-0.15, -0.1) is 0 Å². The van der Waals surface area contributed by atoms with Gasteiger partial charge in [0.2, 0.25) is 0 Å². The number of aryl methyl sites for hydroxylation is 1. The summed E-state index contributed by atoms with van der Waals surface area (Å²) in [6.45, 7) is 12.2. The molecule has 1 amide bonds. The van der Waals surface area contributed by atoms with Crippen molar-refractivity contribution in [2.24, 2.45) is 0 Å². The number of hydrogen-bond acceptors (Lipinski definition) is 3. The van der Waals surface area contributed by atoms with Crippen LogP contribution in [0.3, 0.4) is 0 Å². The van der Waals surface area contributed by atoms with Crippen LogP contribution >= 0.6 is 0 Å². The Bertz CT molecular complexity index is 461. The Balaban J connectivity index is 2.58. The van der Waals surface area contributed by atoms with Crippen LogP contribution in [-0.2, 0) is 0 Å². The Kier molecular flexibility index (Phi) is 6.69. The molecule has 21 heavy (non-hydrogen) atoms. The highest BCUT2D eigenvalue weighted by Crippen LogP contribution is 2.14. The summed E-state index contributed by atoms with van der Waals surface area (Å²) in [7, 11) is 1.88. The van der Waals surface area contributed by atoms with Crippen LogP contribution in [-0.4, -0.2) is 43.0 Å². The number of benzene rings is 1. The van der Waals surface area contributed by atoms with E-state index in [0.717, 1.165) is 23.4 Å². The third-order valence-corrected chi connectivity index (χ3v) is 3.74. The molecule has 0 aliphatic heterocycles. The van der Waals surface area contributed by atoms with Gasteiger partial charge in [0, 0.05) is 43.5 Å². The number of rotatable bonds is 7. The summed E-state index contributed by atoms with van der Waals surface area (Å²) in [5.74, 6) is 0.00242. The van der Waals surface area contributed by atoms with Gasteiger partial charge in [0.25, 0.3) is 5.91 Å². The molecule has 0 fully saturated rings. The second-order valence-electron chi connectivity index (χ2n) is 5.96. The maximum Gasteiger partial charge on any atom is 0.251 e. The van der Waals surface area contributed by atoms with E-state index in [0.29, 0.717) is 18.6 Å². The van der Waals surface area contributed by atoms with Gasteiger partial charge in [-0.25, -0.2) is 0 Å². The molecule has 0 unspecified atom stereocenters. The zero-order valence-corrected chi connectivity index (χ0v) is 14.2. The van der Waals surface area contributed by atoms with Crippen LogP contribution in [0.5, 0.6) is 0 Å². The van der Waals surface area contributed by atoms with Crippen molar-refractivity contribution in [2.45, 2.75) is 46.7 Å². The molecule has 0 atom stereocenters. The smallest absolute Gasteiger partial charge is 0.251 e. The quantitative estimate of drug-likeness (QED) is 0.812. The maximum absolute atomic E-state index is 12.2. The predicted molar refractivity (Wildman–Crippen MR) is 90.0 cm³/mol. The van der Waals surface area contributed by atoms with Gasteiger partial charge in [-0.3, -0.25) is 9.69 Å². The third kappa shape index (κ3) is 5.05. The van der Waals surface area contributed by atoms with Gasteiger partial charge in [0.15, 0.2) is 0 Å². The highest BCUT2D eigenvalue weighted by molar-refractivity contribution is 5.96. The number of carbonyl (C=O) groups excluding carboxylic acids is 1. The number of nitrogens with one attached hydrogen (secondary N) is 2. The highest BCUT2D eigenvalue weighted by atomic mass is 16.1. The van der Waals surface area contributed by atoms with Gasteiger partial charge >= 0.3 is 0 Å². The Morgan fingerprint density at radius 1 is 1.19 bits per heavy atom. The second-order valence-corrected chi connectivity index (χ2v) is 5.96. The van der Waals surface area contributed by atoms with Crippen molar-refractivity contribution >= 4 is 11.6 Å². The van der Waals surface area contributed by atoms with E-state index < -0.39 is 0 Å². The standard InChI is InChI=1S/C17H29N3O/c1-12(2)20(13(3)4)10-9-19-17(21)16-8-7-15(18-6)11-14(16)5/h7-8,11-13,18H,9-10H2,1-6H3,(H,19,21). The van der Waals surface area contributed by atoms with Crippen molar-refractivity contribution < 1.29 is 4.79 Å². The molecule has 4 heteroatoms.